The number of hydrogen-bond acceptors (Lipinski definition) is 4. The number of amides is 1. The van der Waals surface area contributed by atoms with Crippen LogP contribution < -0.4 is 10.1 Å². The second-order valence-electron chi connectivity index (χ2n) is 4.33. The van der Waals surface area contributed by atoms with E-state index < -0.39 is 0 Å². The first-order chi connectivity index (χ1) is 9.72. The van der Waals surface area contributed by atoms with E-state index in [1.54, 1.807) is 0 Å². The van der Waals surface area contributed by atoms with Gasteiger partial charge in [-0.2, -0.15) is 0 Å². The Morgan fingerprint density at radius 3 is 3.15 bits per heavy atom. The number of aromatic nitrogens is 2. The Kier molecular flexibility index (Phi) is 3.39. The molecule has 102 valence electrons. The zero-order valence-electron chi connectivity index (χ0n) is 10.8. The summed E-state index contributed by atoms with van der Waals surface area (Å²) in [4.78, 5) is 19.1. The summed E-state index contributed by atoms with van der Waals surface area (Å²) in [5.41, 5.74) is 1.78. The van der Waals surface area contributed by atoms with Gasteiger partial charge in [0, 0.05) is 17.0 Å². The molecule has 3 rings (SSSR count). The monoisotopic (exact) mass is 287 g/mol. The van der Waals surface area contributed by atoms with Gasteiger partial charge in [0.1, 0.15) is 5.75 Å². The standard InChI is InChI=1S/C14H13N3O2S/c1-9-8-20-14(16-9)17-12(18)7-19-11-4-2-3-10-5-6-15-13(10)11/h2-6,8,15H,7H2,1H3,(H,16,17,18). The Bertz CT molecular complexity index is 748. The Balaban J connectivity index is 1.64. The minimum atomic E-state index is -0.220. The third-order valence-electron chi connectivity index (χ3n) is 2.77. The highest BCUT2D eigenvalue weighted by Gasteiger charge is 2.08. The molecule has 0 radical (unpaired) electrons. The number of rotatable bonds is 4. The molecule has 0 atom stereocenters. The van der Waals surface area contributed by atoms with Crippen molar-refractivity contribution in [2.75, 3.05) is 11.9 Å². The average Bonchev–Trinajstić information content (AvgIpc) is 3.05. The maximum atomic E-state index is 11.8. The van der Waals surface area contributed by atoms with E-state index >= 15 is 0 Å². The molecule has 2 heterocycles. The fraction of sp³-hybridized carbons (Fsp3) is 0.143. The minimum Gasteiger partial charge on any atom is -0.482 e. The van der Waals surface area contributed by atoms with Crippen LogP contribution in [0.4, 0.5) is 5.13 Å². The number of hydrogen-bond donors (Lipinski definition) is 2. The first-order valence-corrected chi connectivity index (χ1v) is 7.01. The first-order valence-electron chi connectivity index (χ1n) is 6.13. The zero-order valence-corrected chi connectivity index (χ0v) is 11.7. The van der Waals surface area contributed by atoms with Crippen molar-refractivity contribution in [3.8, 4) is 5.75 Å². The predicted molar refractivity (Wildman–Crippen MR) is 79.3 cm³/mol. The lowest BCUT2D eigenvalue weighted by atomic mass is 10.2. The molecule has 0 saturated heterocycles. The van der Waals surface area contributed by atoms with Gasteiger partial charge in [-0.05, 0) is 19.1 Å². The molecule has 1 amide bonds. The van der Waals surface area contributed by atoms with Crippen molar-refractivity contribution in [2.45, 2.75) is 6.92 Å². The van der Waals surface area contributed by atoms with Gasteiger partial charge in [-0.25, -0.2) is 4.98 Å². The lowest BCUT2D eigenvalue weighted by Crippen LogP contribution is -2.20. The number of aryl methyl sites for hydroxylation is 1. The quantitative estimate of drug-likeness (QED) is 0.775. The van der Waals surface area contributed by atoms with Crippen molar-refractivity contribution in [3.63, 3.8) is 0 Å². The topological polar surface area (TPSA) is 67.0 Å². The Hall–Kier alpha value is -2.34. The molecule has 3 aromatic rings. The smallest absolute Gasteiger partial charge is 0.264 e. The molecule has 5 nitrogen and oxygen atoms in total. The molecule has 0 saturated carbocycles. The van der Waals surface area contributed by atoms with Crippen LogP contribution in [-0.4, -0.2) is 22.5 Å². The van der Waals surface area contributed by atoms with E-state index in [0.717, 1.165) is 16.6 Å². The molecule has 1 aromatic carbocycles. The lowest BCUT2D eigenvalue weighted by Gasteiger charge is -2.06. The first kappa shape index (κ1) is 12.7. The normalized spacial score (nSPS) is 10.7. The minimum absolute atomic E-state index is 0.0449. The number of anilines is 1. The summed E-state index contributed by atoms with van der Waals surface area (Å²) >= 11 is 1.40. The molecule has 0 aliphatic rings. The molecule has 0 unspecified atom stereocenters. The largest absolute Gasteiger partial charge is 0.482 e. The molecule has 20 heavy (non-hydrogen) atoms. The van der Waals surface area contributed by atoms with Gasteiger partial charge in [0.2, 0.25) is 0 Å². The van der Waals surface area contributed by atoms with E-state index in [1.165, 1.54) is 11.3 Å². The molecular formula is C14H13N3O2S. The van der Waals surface area contributed by atoms with Gasteiger partial charge < -0.3 is 9.72 Å². The summed E-state index contributed by atoms with van der Waals surface area (Å²) in [5.74, 6) is 0.445. The maximum Gasteiger partial charge on any atom is 0.264 e. The molecular weight excluding hydrogens is 274 g/mol. The Morgan fingerprint density at radius 1 is 1.45 bits per heavy atom. The molecule has 0 aliphatic heterocycles. The van der Waals surface area contributed by atoms with Gasteiger partial charge in [-0.1, -0.05) is 12.1 Å². The molecule has 6 heteroatoms. The number of carbonyl (C=O) groups is 1. The number of nitrogens with one attached hydrogen (secondary N) is 2. The average molecular weight is 287 g/mol. The van der Waals surface area contributed by atoms with Crippen molar-refractivity contribution < 1.29 is 9.53 Å². The van der Waals surface area contributed by atoms with Crippen LogP contribution in [0, 0.1) is 6.92 Å². The predicted octanol–water partition coefficient (Wildman–Crippen LogP) is 2.95. The second kappa shape index (κ2) is 5.34. The van der Waals surface area contributed by atoms with Crippen LogP contribution in [0.1, 0.15) is 5.69 Å². The van der Waals surface area contributed by atoms with Crippen LogP contribution in [0.25, 0.3) is 10.9 Å². The number of thiazole rings is 1. The fourth-order valence-corrected chi connectivity index (χ4v) is 2.59. The molecule has 2 aromatic heterocycles. The molecule has 0 fully saturated rings. The van der Waals surface area contributed by atoms with Crippen molar-refractivity contribution in [1.29, 1.82) is 0 Å². The van der Waals surface area contributed by atoms with E-state index in [1.807, 2.05) is 42.8 Å². The van der Waals surface area contributed by atoms with Crippen LogP contribution in [0.2, 0.25) is 0 Å². The number of H-pyrrole nitrogens is 1. The summed E-state index contributed by atoms with van der Waals surface area (Å²) in [6.07, 6.45) is 1.84. The van der Waals surface area contributed by atoms with Crippen molar-refractivity contribution in [1.82, 2.24) is 9.97 Å². The van der Waals surface area contributed by atoms with E-state index in [-0.39, 0.29) is 12.5 Å². The fourth-order valence-electron chi connectivity index (χ4n) is 1.89. The zero-order chi connectivity index (χ0) is 13.9. The van der Waals surface area contributed by atoms with Crippen molar-refractivity contribution in [2.24, 2.45) is 0 Å². The summed E-state index contributed by atoms with van der Waals surface area (Å²) in [6, 6.07) is 7.67. The van der Waals surface area contributed by atoms with Gasteiger partial charge in [0.25, 0.3) is 5.91 Å². The number of ether oxygens (including phenoxy) is 1. The molecule has 0 bridgehead atoms. The van der Waals surface area contributed by atoms with E-state index in [2.05, 4.69) is 15.3 Å². The van der Waals surface area contributed by atoms with E-state index in [0.29, 0.717) is 10.9 Å². The molecule has 2 N–H and O–H groups in total. The van der Waals surface area contributed by atoms with Gasteiger partial charge in [-0.3, -0.25) is 10.1 Å². The van der Waals surface area contributed by atoms with E-state index in [4.69, 9.17) is 4.74 Å². The SMILES string of the molecule is Cc1csc(NC(=O)COc2cccc3cc[nH]c23)n1. The number of aromatic amines is 1. The Labute approximate surface area is 119 Å². The number of nitrogens with zero attached hydrogens (tertiary/aromatic N) is 1. The highest BCUT2D eigenvalue weighted by atomic mass is 32.1. The summed E-state index contributed by atoms with van der Waals surface area (Å²) in [6.45, 7) is 1.84. The summed E-state index contributed by atoms with van der Waals surface area (Å²) in [5, 5.41) is 6.24. The number of para-hydroxylation sites is 1. The third-order valence-corrected chi connectivity index (χ3v) is 3.65. The van der Waals surface area contributed by atoms with Crippen LogP contribution in [0.3, 0.4) is 0 Å². The second-order valence-corrected chi connectivity index (χ2v) is 5.19. The van der Waals surface area contributed by atoms with Gasteiger partial charge in [0.05, 0.1) is 11.2 Å². The van der Waals surface area contributed by atoms with Crippen molar-refractivity contribution >= 4 is 33.3 Å². The Morgan fingerprint density at radius 2 is 2.35 bits per heavy atom. The highest BCUT2D eigenvalue weighted by Crippen LogP contribution is 2.23. The third kappa shape index (κ3) is 2.65. The summed E-state index contributed by atoms with van der Waals surface area (Å²) in [7, 11) is 0. The number of benzene rings is 1. The van der Waals surface area contributed by atoms with Crippen LogP contribution in [0.5, 0.6) is 5.75 Å². The summed E-state index contributed by atoms with van der Waals surface area (Å²) < 4.78 is 5.55. The molecule has 0 spiro atoms. The van der Waals surface area contributed by atoms with Gasteiger partial charge in [-0.15, -0.1) is 11.3 Å². The van der Waals surface area contributed by atoms with Gasteiger partial charge >= 0.3 is 0 Å². The van der Waals surface area contributed by atoms with Crippen LogP contribution in [-0.2, 0) is 4.79 Å². The highest BCUT2D eigenvalue weighted by molar-refractivity contribution is 7.13. The van der Waals surface area contributed by atoms with Gasteiger partial charge in [0.15, 0.2) is 11.7 Å². The van der Waals surface area contributed by atoms with Crippen LogP contribution >= 0.6 is 11.3 Å². The van der Waals surface area contributed by atoms with E-state index in [9.17, 15) is 4.79 Å². The van der Waals surface area contributed by atoms with Crippen molar-refractivity contribution in [3.05, 3.63) is 41.5 Å². The molecule has 0 aliphatic carbocycles. The van der Waals surface area contributed by atoms with Crippen LogP contribution in [0.15, 0.2) is 35.8 Å². The number of fused-ring (bicyclic) bond motifs is 1. The lowest BCUT2D eigenvalue weighted by molar-refractivity contribution is -0.118. The maximum absolute atomic E-state index is 11.8. The number of carbonyl (C=O) groups excluding carboxylic acids is 1.